The largest absolute Gasteiger partial charge is 0.425 e. The molecule has 4 nitrogen and oxygen atoms in total. The van der Waals surface area contributed by atoms with Crippen LogP contribution in [-0.4, -0.2) is 18.4 Å². The number of nitrogens with one attached hydrogen (secondary N) is 1. The molecule has 0 spiro atoms. The van der Waals surface area contributed by atoms with Gasteiger partial charge >= 0.3 is 5.97 Å². The lowest BCUT2D eigenvalue weighted by Crippen LogP contribution is -2.27. The highest BCUT2D eigenvalue weighted by atomic mass is 35.5. The first-order valence-corrected chi connectivity index (χ1v) is 7.66. The van der Waals surface area contributed by atoms with Gasteiger partial charge in [0.1, 0.15) is 5.75 Å². The molecule has 0 aliphatic rings. The van der Waals surface area contributed by atoms with Gasteiger partial charge in [0.05, 0.1) is 11.4 Å². The molecule has 1 amide bonds. The number of esters is 1. The van der Waals surface area contributed by atoms with Gasteiger partial charge < -0.3 is 10.1 Å². The molecule has 1 N–H and O–H groups in total. The number of hydrogen-bond acceptors (Lipinski definition) is 3. The summed E-state index contributed by atoms with van der Waals surface area (Å²) in [6.45, 7) is 3.95. The Morgan fingerprint density at radius 2 is 1.87 bits per heavy atom. The van der Waals surface area contributed by atoms with E-state index in [1.165, 1.54) is 0 Å². The monoisotopic (exact) mass is 331 g/mol. The van der Waals surface area contributed by atoms with Crippen LogP contribution in [0, 0.1) is 13.8 Å². The van der Waals surface area contributed by atoms with Crippen LogP contribution in [0.5, 0.6) is 5.75 Å². The number of halogens is 1. The van der Waals surface area contributed by atoms with Crippen LogP contribution in [0.4, 0.5) is 0 Å². The van der Waals surface area contributed by atoms with Crippen molar-refractivity contribution in [2.45, 2.75) is 20.3 Å². The molecule has 0 bridgehead atoms. The van der Waals surface area contributed by atoms with Crippen LogP contribution in [0.3, 0.4) is 0 Å². The molecular weight excluding hydrogens is 314 g/mol. The van der Waals surface area contributed by atoms with Crippen molar-refractivity contribution in [1.29, 1.82) is 0 Å². The third-order valence-electron chi connectivity index (χ3n) is 3.31. The molecule has 0 aliphatic heterocycles. The predicted molar refractivity (Wildman–Crippen MR) is 90.0 cm³/mol. The summed E-state index contributed by atoms with van der Waals surface area (Å²) in [6, 6.07) is 12.5. The van der Waals surface area contributed by atoms with E-state index in [2.05, 4.69) is 5.32 Å². The standard InChI is InChI=1S/C18H18ClNO3/c1-12-7-8-15(19)16(11-12)23-17(21)9-10-20-18(22)14-6-4-3-5-13(14)2/h3-8,11H,9-10H2,1-2H3,(H,20,22). The third-order valence-corrected chi connectivity index (χ3v) is 3.63. The van der Waals surface area contributed by atoms with E-state index in [0.29, 0.717) is 16.3 Å². The summed E-state index contributed by atoms with van der Waals surface area (Å²) in [6.07, 6.45) is 0.0713. The number of aryl methyl sites for hydroxylation is 2. The van der Waals surface area contributed by atoms with Gasteiger partial charge in [-0.1, -0.05) is 35.9 Å². The van der Waals surface area contributed by atoms with E-state index in [9.17, 15) is 9.59 Å². The number of hydrogen-bond donors (Lipinski definition) is 1. The molecule has 2 aromatic carbocycles. The molecule has 2 rings (SSSR count). The van der Waals surface area contributed by atoms with Gasteiger partial charge in [-0.25, -0.2) is 0 Å². The molecule has 23 heavy (non-hydrogen) atoms. The van der Waals surface area contributed by atoms with Crippen molar-refractivity contribution in [3.05, 3.63) is 64.2 Å². The fourth-order valence-corrected chi connectivity index (χ4v) is 2.22. The summed E-state index contributed by atoms with van der Waals surface area (Å²) in [7, 11) is 0. The SMILES string of the molecule is Cc1ccc(Cl)c(OC(=O)CCNC(=O)c2ccccc2C)c1. The summed E-state index contributed by atoms with van der Waals surface area (Å²) in [4.78, 5) is 23.8. The maximum Gasteiger partial charge on any atom is 0.313 e. The summed E-state index contributed by atoms with van der Waals surface area (Å²) < 4.78 is 5.22. The molecule has 0 atom stereocenters. The second-order valence-electron chi connectivity index (χ2n) is 5.23. The lowest BCUT2D eigenvalue weighted by atomic mass is 10.1. The highest BCUT2D eigenvalue weighted by Crippen LogP contribution is 2.25. The number of benzene rings is 2. The van der Waals surface area contributed by atoms with Crippen LogP contribution >= 0.6 is 11.6 Å². The smallest absolute Gasteiger partial charge is 0.313 e. The van der Waals surface area contributed by atoms with Crippen molar-refractivity contribution in [1.82, 2.24) is 5.32 Å². The number of carbonyl (C=O) groups is 2. The van der Waals surface area contributed by atoms with Crippen LogP contribution in [0.15, 0.2) is 42.5 Å². The first-order valence-electron chi connectivity index (χ1n) is 7.28. The van der Waals surface area contributed by atoms with Gasteiger partial charge in [-0.15, -0.1) is 0 Å². The fraction of sp³-hybridized carbons (Fsp3) is 0.222. The van der Waals surface area contributed by atoms with E-state index in [-0.39, 0.29) is 18.9 Å². The Bertz CT molecular complexity index is 728. The normalized spacial score (nSPS) is 10.2. The van der Waals surface area contributed by atoms with E-state index in [0.717, 1.165) is 11.1 Å². The van der Waals surface area contributed by atoms with Crippen molar-refractivity contribution in [2.75, 3.05) is 6.54 Å². The Balaban J connectivity index is 1.84. The Kier molecular flexibility index (Phi) is 5.77. The molecular formula is C18H18ClNO3. The minimum absolute atomic E-state index is 0.0713. The molecule has 120 valence electrons. The van der Waals surface area contributed by atoms with Gasteiger partial charge in [0.25, 0.3) is 5.91 Å². The Morgan fingerprint density at radius 1 is 1.13 bits per heavy atom. The molecule has 5 heteroatoms. The van der Waals surface area contributed by atoms with Crippen LogP contribution < -0.4 is 10.1 Å². The van der Waals surface area contributed by atoms with Gasteiger partial charge in [0.15, 0.2) is 0 Å². The van der Waals surface area contributed by atoms with Crippen molar-refractivity contribution < 1.29 is 14.3 Å². The van der Waals surface area contributed by atoms with E-state index in [1.807, 2.05) is 32.0 Å². The van der Waals surface area contributed by atoms with Gasteiger partial charge in [0.2, 0.25) is 0 Å². The molecule has 0 unspecified atom stereocenters. The number of amides is 1. The Morgan fingerprint density at radius 3 is 2.61 bits per heavy atom. The zero-order valence-electron chi connectivity index (χ0n) is 13.1. The van der Waals surface area contributed by atoms with E-state index < -0.39 is 5.97 Å². The maximum absolute atomic E-state index is 12.0. The van der Waals surface area contributed by atoms with E-state index in [1.54, 1.807) is 24.3 Å². The quantitative estimate of drug-likeness (QED) is 0.671. The summed E-state index contributed by atoms with van der Waals surface area (Å²) >= 11 is 5.98. The molecule has 0 radical (unpaired) electrons. The second kappa shape index (κ2) is 7.79. The molecule has 2 aromatic rings. The molecule has 0 aromatic heterocycles. The van der Waals surface area contributed by atoms with Gasteiger partial charge in [-0.2, -0.15) is 0 Å². The van der Waals surface area contributed by atoms with Crippen molar-refractivity contribution in [3.8, 4) is 5.75 Å². The average Bonchev–Trinajstić information content (AvgIpc) is 2.51. The summed E-state index contributed by atoms with van der Waals surface area (Å²) in [5.41, 5.74) is 2.44. The molecule has 0 saturated carbocycles. The highest BCUT2D eigenvalue weighted by Gasteiger charge is 2.11. The first-order chi connectivity index (χ1) is 11.0. The van der Waals surface area contributed by atoms with Gasteiger partial charge in [-0.3, -0.25) is 9.59 Å². The predicted octanol–water partition coefficient (Wildman–Crippen LogP) is 3.68. The number of ether oxygens (including phenoxy) is 1. The number of rotatable bonds is 5. The lowest BCUT2D eigenvalue weighted by Gasteiger charge is -2.09. The topological polar surface area (TPSA) is 55.4 Å². The summed E-state index contributed by atoms with van der Waals surface area (Å²) in [5.74, 6) is -0.311. The maximum atomic E-state index is 12.0. The zero-order chi connectivity index (χ0) is 16.8. The average molecular weight is 332 g/mol. The second-order valence-corrected chi connectivity index (χ2v) is 5.64. The third kappa shape index (κ3) is 4.83. The Hall–Kier alpha value is -2.33. The van der Waals surface area contributed by atoms with Gasteiger partial charge in [0, 0.05) is 12.1 Å². The highest BCUT2D eigenvalue weighted by molar-refractivity contribution is 6.32. The van der Waals surface area contributed by atoms with Crippen LogP contribution in [0.2, 0.25) is 5.02 Å². The van der Waals surface area contributed by atoms with E-state index >= 15 is 0 Å². The summed E-state index contributed by atoms with van der Waals surface area (Å²) in [5, 5.41) is 3.09. The van der Waals surface area contributed by atoms with Crippen LogP contribution in [0.1, 0.15) is 27.9 Å². The van der Waals surface area contributed by atoms with Crippen LogP contribution in [-0.2, 0) is 4.79 Å². The Labute approximate surface area is 140 Å². The lowest BCUT2D eigenvalue weighted by molar-refractivity contribution is -0.134. The minimum atomic E-state index is -0.442. The van der Waals surface area contributed by atoms with Crippen molar-refractivity contribution in [3.63, 3.8) is 0 Å². The fourth-order valence-electron chi connectivity index (χ4n) is 2.06. The molecule has 0 aliphatic carbocycles. The van der Waals surface area contributed by atoms with Crippen LogP contribution in [0.25, 0.3) is 0 Å². The van der Waals surface area contributed by atoms with Gasteiger partial charge in [-0.05, 0) is 43.2 Å². The molecule has 0 heterocycles. The minimum Gasteiger partial charge on any atom is -0.425 e. The zero-order valence-corrected chi connectivity index (χ0v) is 13.8. The van der Waals surface area contributed by atoms with E-state index in [4.69, 9.17) is 16.3 Å². The molecule has 0 fully saturated rings. The number of carbonyl (C=O) groups excluding carboxylic acids is 2. The first kappa shape index (κ1) is 17.0. The molecule has 0 saturated heterocycles. The van der Waals surface area contributed by atoms with Crippen molar-refractivity contribution >= 4 is 23.5 Å². The van der Waals surface area contributed by atoms with Crippen molar-refractivity contribution in [2.24, 2.45) is 0 Å².